The molecule has 0 unspecified atom stereocenters. The highest BCUT2D eigenvalue weighted by molar-refractivity contribution is 5.46. The van der Waals surface area contributed by atoms with Crippen LogP contribution in [0.1, 0.15) is 12.6 Å². The first kappa shape index (κ1) is 11.4. The van der Waals surface area contributed by atoms with Crippen molar-refractivity contribution in [1.82, 2.24) is 10.3 Å². The van der Waals surface area contributed by atoms with Crippen LogP contribution in [0.2, 0.25) is 0 Å². The molecule has 2 heterocycles. The second-order valence-corrected chi connectivity index (χ2v) is 3.89. The molecule has 4 nitrogen and oxygen atoms in total. The number of hydrogen-bond acceptors (Lipinski definition) is 4. The molecule has 0 aliphatic carbocycles. The van der Waals surface area contributed by atoms with Crippen LogP contribution in [0.4, 0.5) is 5.69 Å². The Labute approximate surface area is 96.6 Å². The number of hydrogen-bond donors (Lipinski definition) is 1. The average molecular weight is 221 g/mol. The minimum Gasteiger partial charge on any atom is -0.378 e. The first-order chi connectivity index (χ1) is 7.90. The number of pyridine rings is 1. The minimum atomic E-state index is 0.824. The molecular formula is C12H19N3O. The van der Waals surface area contributed by atoms with Crippen LogP contribution in [0.15, 0.2) is 18.3 Å². The molecule has 1 N–H and O–H groups in total. The Morgan fingerprint density at radius 3 is 3.00 bits per heavy atom. The lowest BCUT2D eigenvalue weighted by Crippen LogP contribution is -2.36. The van der Waals surface area contributed by atoms with E-state index in [1.54, 1.807) is 0 Å². The molecule has 0 bridgehead atoms. The van der Waals surface area contributed by atoms with E-state index in [4.69, 9.17) is 4.74 Å². The van der Waals surface area contributed by atoms with Crippen LogP contribution in [0.3, 0.4) is 0 Å². The standard InChI is InChI=1S/C12H19N3O/c1-2-13-10-11-9-12(3-4-14-11)15-5-7-16-8-6-15/h3-4,9,13H,2,5-8,10H2,1H3. The average Bonchev–Trinajstić information content (AvgIpc) is 2.38. The van der Waals surface area contributed by atoms with Gasteiger partial charge in [0, 0.05) is 31.5 Å². The molecule has 0 aromatic carbocycles. The minimum absolute atomic E-state index is 0.824. The largest absolute Gasteiger partial charge is 0.378 e. The fourth-order valence-corrected chi connectivity index (χ4v) is 1.83. The smallest absolute Gasteiger partial charge is 0.0642 e. The Hall–Kier alpha value is -1.13. The van der Waals surface area contributed by atoms with Gasteiger partial charge in [-0.15, -0.1) is 0 Å². The van der Waals surface area contributed by atoms with Crippen LogP contribution >= 0.6 is 0 Å². The number of ether oxygens (including phenoxy) is 1. The summed E-state index contributed by atoms with van der Waals surface area (Å²) in [6.07, 6.45) is 1.89. The second-order valence-electron chi connectivity index (χ2n) is 3.89. The van der Waals surface area contributed by atoms with Crippen LogP contribution in [0.5, 0.6) is 0 Å². The predicted molar refractivity (Wildman–Crippen MR) is 64.6 cm³/mol. The molecule has 0 saturated carbocycles. The van der Waals surface area contributed by atoms with Crippen molar-refractivity contribution in [2.45, 2.75) is 13.5 Å². The van der Waals surface area contributed by atoms with Crippen molar-refractivity contribution in [3.8, 4) is 0 Å². The normalized spacial score (nSPS) is 16.4. The molecule has 1 saturated heterocycles. The van der Waals surface area contributed by atoms with Crippen molar-refractivity contribution in [2.24, 2.45) is 0 Å². The molecule has 16 heavy (non-hydrogen) atoms. The van der Waals surface area contributed by atoms with Gasteiger partial charge in [0.1, 0.15) is 0 Å². The molecule has 2 rings (SSSR count). The SMILES string of the molecule is CCNCc1cc(N2CCOCC2)ccn1. The molecule has 1 aliphatic rings. The molecule has 0 amide bonds. The first-order valence-corrected chi connectivity index (χ1v) is 5.88. The topological polar surface area (TPSA) is 37.4 Å². The lowest BCUT2D eigenvalue weighted by atomic mass is 10.2. The van der Waals surface area contributed by atoms with E-state index in [0.717, 1.165) is 45.1 Å². The first-order valence-electron chi connectivity index (χ1n) is 5.88. The molecule has 1 aromatic heterocycles. The van der Waals surface area contributed by atoms with Crippen molar-refractivity contribution in [3.05, 3.63) is 24.0 Å². The van der Waals surface area contributed by atoms with Crippen molar-refractivity contribution >= 4 is 5.69 Å². The van der Waals surface area contributed by atoms with Crippen molar-refractivity contribution in [1.29, 1.82) is 0 Å². The summed E-state index contributed by atoms with van der Waals surface area (Å²) in [5.74, 6) is 0. The van der Waals surface area contributed by atoms with Crippen LogP contribution in [0.25, 0.3) is 0 Å². The predicted octanol–water partition coefficient (Wildman–Crippen LogP) is 1.03. The van der Waals surface area contributed by atoms with E-state index in [2.05, 4.69) is 34.3 Å². The van der Waals surface area contributed by atoms with Crippen LogP contribution in [-0.4, -0.2) is 37.8 Å². The third kappa shape index (κ3) is 2.93. The van der Waals surface area contributed by atoms with E-state index in [-0.39, 0.29) is 0 Å². The summed E-state index contributed by atoms with van der Waals surface area (Å²) >= 11 is 0. The molecular weight excluding hydrogens is 202 g/mol. The zero-order valence-corrected chi connectivity index (χ0v) is 9.78. The van der Waals surface area contributed by atoms with Gasteiger partial charge in [0.2, 0.25) is 0 Å². The molecule has 4 heteroatoms. The summed E-state index contributed by atoms with van der Waals surface area (Å²) in [7, 11) is 0. The van der Waals surface area contributed by atoms with E-state index >= 15 is 0 Å². The quantitative estimate of drug-likeness (QED) is 0.824. The van der Waals surface area contributed by atoms with E-state index in [0.29, 0.717) is 0 Å². The Morgan fingerprint density at radius 1 is 1.44 bits per heavy atom. The third-order valence-corrected chi connectivity index (χ3v) is 2.73. The van der Waals surface area contributed by atoms with Gasteiger partial charge < -0.3 is 15.0 Å². The van der Waals surface area contributed by atoms with Gasteiger partial charge in [-0.05, 0) is 18.7 Å². The fourth-order valence-electron chi connectivity index (χ4n) is 1.83. The molecule has 88 valence electrons. The molecule has 0 radical (unpaired) electrons. The number of morpholine rings is 1. The zero-order chi connectivity index (χ0) is 11.2. The summed E-state index contributed by atoms with van der Waals surface area (Å²) in [5.41, 5.74) is 2.36. The van der Waals surface area contributed by atoms with Gasteiger partial charge in [0.15, 0.2) is 0 Å². The van der Waals surface area contributed by atoms with Gasteiger partial charge in [0.05, 0.1) is 18.9 Å². The van der Waals surface area contributed by atoms with Gasteiger partial charge >= 0.3 is 0 Å². The van der Waals surface area contributed by atoms with E-state index in [1.165, 1.54) is 5.69 Å². The summed E-state index contributed by atoms with van der Waals surface area (Å²) in [6.45, 7) is 7.52. The van der Waals surface area contributed by atoms with E-state index in [1.807, 2.05) is 6.20 Å². The number of anilines is 1. The summed E-state index contributed by atoms with van der Waals surface area (Å²) in [6, 6.07) is 4.23. The Bertz CT molecular complexity index is 324. The van der Waals surface area contributed by atoms with Gasteiger partial charge in [-0.3, -0.25) is 4.98 Å². The maximum absolute atomic E-state index is 5.35. The number of nitrogens with zero attached hydrogens (tertiary/aromatic N) is 2. The highest BCUT2D eigenvalue weighted by Gasteiger charge is 2.11. The molecule has 1 fully saturated rings. The Balaban J connectivity index is 2.02. The van der Waals surface area contributed by atoms with Crippen molar-refractivity contribution in [2.75, 3.05) is 37.7 Å². The van der Waals surface area contributed by atoms with Crippen molar-refractivity contribution < 1.29 is 4.74 Å². The highest BCUT2D eigenvalue weighted by Crippen LogP contribution is 2.15. The van der Waals surface area contributed by atoms with Crippen LogP contribution in [-0.2, 0) is 11.3 Å². The van der Waals surface area contributed by atoms with Gasteiger partial charge in [0.25, 0.3) is 0 Å². The summed E-state index contributed by atoms with van der Waals surface area (Å²) < 4.78 is 5.35. The third-order valence-electron chi connectivity index (χ3n) is 2.73. The van der Waals surface area contributed by atoms with E-state index in [9.17, 15) is 0 Å². The summed E-state index contributed by atoms with van der Waals surface area (Å²) in [4.78, 5) is 6.70. The maximum atomic E-state index is 5.35. The van der Waals surface area contributed by atoms with Gasteiger partial charge in [-0.2, -0.15) is 0 Å². The molecule has 1 aliphatic heterocycles. The highest BCUT2D eigenvalue weighted by atomic mass is 16.5. The molecule has 1 aromatic rings. The zero-order valence-electron chi connectivity index (χ0n) is 9.78. The monoisotopic (exact) mass is 221 g/mol. The lowest BCUT2D eigenvalue weighted by molar-refractivity contribution is 0.122. The number of aromatic nitrogens is 1. The van der Waals surface area contributed by atoms with Gasteiger partial charge in [-0.25, -0.2) is 0 Å². The van der Waals surface area contributed by atoms with Crippen molar-refractivity contribution in [3.63, 3.8) is 0 Å². The van der Waals surface area contributed by atoms with Crippen LogP contribution < -0.4 is 10.2 Å². The maximum Gasteiger partial charge on any atom is 0.0642 e. The molecule has 0 atom stereocenters. The van der Waals surface area contributed by atoms with E-state index < -0.39 is 0 Å². The Morgan fingerprint density at radius 2 is 2.25 bits per heavy atom. The molecule has 0 spiro atoms. The number of nitrogens with one attached hydrogen (secondary N) is 1. The van der Waals surface area contributed by atoms with Crippen LogP contribution in [0, 0.1) is 0 Å². The second kappa shape index (κ2) is 5.82. The lowest BCUT2D eigenvalue weighted by Gasteiger charge is -2.29. The number of rotatable bonds is 4. The van der Waals surface area contributed by atoms with Gasteiger partial charge in [-0.1, -0.05) is 6.92 Å². The fraction of sp³-hybridized carbons (Fsp3) is 0.583. The Kier molecular flexibility index (Phi) is 4.13. The summed E-state index contributed by atoms with van der Waals surface area (Å²) in [5, 5.41) is 3.29.